The van der Waals surface area contributed by atoms with Gasteiger partial charge in [0.1, 0.15) is 5.01 Å². The molecule has 1 aromatic heterocycles. The smallest absolute Gasteiger partial charge is 0.234 e. The Balaban J connectivity index is 1.96. The largest absolute Gasteiger partial charge is 0.316 e. The predicted octanol–water partition coefficient (Wildman–Crippen LogP) is 1.55. The van der Waals surface area contributed by atoms with Crippen molar-refractivity contribution in [3.63, 3.8) is 0 Å². The molecule has 19 heavy (non-hydrogen) atoms. The Morgan fingerprint density at radius 1 is 1.47 bits per heavy atom. The minimum atomic E-state index is -3.27. The molecule has 1 atom stereocenters. The molecule has 1 fully saturated rings. The number of unbranched alkanes of at least 4 members (excludes halogenated alkanes) is 1. The molecule has 1 unspecified atom stereocenters. The fourth-order valence-corrected chi connectivity index (χ4v) is 4.38. The maximum absolute atomic E-state index is 11.8. The number of sulfonamides is 1. The van der Waals surface area contributed by atoms with Crippen LogP contribution in [0.15, 0.2) is 0 Å². The van der Waals surface area contributed by atoms with E-state index in [1.807, 2.05) is 6.92 Å². The van der Waals surface area contributed by atoms with Gasteiger partial charge in [-0.2, -0.15) is 0 Å². The lowest BCUT2D eigenvalue weighted by molar-refractivity contribution is 0.458. The van der Waals surface area contributed by atoms with Crippen molar-refractivity contribution in [3.8, 4) is 0 Å². The Labute approximate surface area is 118 Å². The number of rotatable bonds is 6. The fraction of sp³-hybridized carbons (Fsp3) is 0.818. The van der Waals surface area contributed by atoms with Gasteiger partial charge in [-0.05, 0) is 25.8 Å². The summed E-state index contributed by atoms with van der Waals surface area (Å²) in [7, 11) is -3.27. The van der Waals surface area contributed by atoms with E-state index in [1.165, 1.54) is 11.3 Å². The second kappa shape index (κ2) is 6.62. The number of aromatic nitrogens is 2. The highest BCUT2D eigenvalue weighted by Crippen LogP contribution is 2.28. The molecule has 1 aliphatic heterocycles. The number of anilines is 1. The van der Waals surface area contributed by atoms with Crippen LogP contribution in [0.1, 0.15) is 43.5 Å². The van der Waals surface area contributed by atoms with Crippen LogP contribution in [0.5, 0.6) is 0 Å². The van der Waals surface area contributed by atoms with Gasteiger partial charge in [0, 0.05) is 12.5 Å². The summed E-state index contributed by atoms with van der Waals surface area (Å²) in [6, 6.07) is 0. The van der Waals surface area contributed by atoms with Crippen molar-refractivity contribution in [2.75, 3.05) is 23.6 Å². The molecule has 1 aromatic rings. The van der Waals surface area contributed by atoms with Crippen LogP contribution in [0.4, 0.5) is 5.13 Å². The first kappa shape index (κ1) is 14.7. The summed E-state index contributed by atoms with van der Waals surface area (Å²) >= 11 is 1.35. The summed E-state index contributed by atoms with van der Waals surface area (Å²) in [5, 5.41) is 12.7. The topological polar surface area (TPSA) is 84.0 Å². The molecule has 2 N–H and O–H groups in total. The maximum Gasteiger partial charge on any atom is 0.234 e. The van der Waals surface area contributed by atoms with E-state index in [0.29, 0.717) is 17.5 Å². The molecule has 2 heterocycles. The minimum absolute atomic E-state index is 0.142. The predicted molar refractivity (Wildman–Crippen MR) is 77.1 cm³/mol. The second-order valence-electron chi connectivity index (χ2n) is 4.76. The molecule has 0 radical (unpaired) electrons. The van der Waals surface area contributed by atoms with Crippen molar-refractivity contribution < 1.29 is 8.42 Å². The van der Waals surface area contributed by atoms with E-state index in [0.717, 1.165) is 37.4 Å². The number of nitrogens with one attached hydrogen (secondary N) is 2. The maximum atomic E-state index is 11.8. The average Bonchev–Trinajstić information content (AvgIpc) is 2.85. The third-order valence-electron chi connectivity index (χ3n) is 3.10. The molecule has 2 rings (SSSR count). The Hall–Kier alpha value is -0.730. The molecule has 0 aromatic carbocycles. The summed E-state index contributed by atoms with van der Waals surface area (Å²) < 4.78 is 26.0. The van der Waals surface area contributed by atoms with Crippen molar-refractivity contribution in [2.24, 2.45) is 0 Å². The molecule has 6 nitrogen and oxygen atoms in total. The van der Waals surface area contributed by atoms with E-state index in [-0.39, 0.29) is 5.75 Å². The molecular formula is C11H20N4O2S2. The highest BCUT2D eigenvalue weighted by molar-refractivity contribution is 7.92. The summed E-state index contributed by atoms with van der Waals surface area (Å²) in [6.07, 6.45) is 3.73. The van der Waals surface area contributed by atoms with E-state index in [1.54, 1.807) is 0 Å². The quantitative estimate of drug-likeness (QED) is 0.833. The van der Waals surface area contributed by atoms with Crippen LogP contribution in [0.3, 0.4) is 0 Å². The Kier molecular flexibility index (Phi) is 5.12. The second-order valence-corrected chi connectivity index (χ2v) is 7.61. The number of hydrogen-bond acceptors (Lipinski definition) is 6. The van der Waals surface area contributed by atoms with Gasteiger partial charge in [-0.3, -0.25) is 4.72 Å². The van der Waals surface area contributed by atoms with Gasteiger partial charge in [-0.15, -0.1) is 10.2 Å². The first-order valence-corrected chi connectivity index (χ1v) is 9.12. The van der Waals surface area contributed by atoms with E-state index in [4.69, 9.17) is 0 Å². The van der Waals surface area contributed by atoms with Crippen molar-refractivity contribution >= 4 is 26.5 Å². The van der Waals surface area contributed by atoms with E-state index in [2.05, 4.69) is 20.2 Å². The third-order valence-corrected chi connectivity index (χ3v) is 5.56. The van der Waals surface area contributed by atoms with E-state index in [9.17, 15) is 8.42 Å². The molecule has 108 valence electrons. The highest BCUT2D eigenvalue weighted by atomic mass is 32.2. The Morgan fingerprint density at radius 3 is 3.00 bits per heavy atom. The van der Waals surface area contributed by atoms with Crippen LogP contribution in [0.25, 0.3) is 0 Å². The molecule has 0 saturated carbocycles. The lowest BCUT2D eigenvalue weighted by Gasteiger charge is -2.19. The standard InChI is InChI=1S/C11H20N4O2S2/c1-2-3-7-19(16,17)15-11-14-13-10(18-11)9-5-4-6-12-8-9/h9,12H,2-8H2,1H3,(H,14,15). The average molecular weight is 304 g/mol. The van der Waals surface area contributed by atoms with Crippen LogP contribution in [0, 0.1) is 0 Å². The zero-order valence-electron chi connectivity index (χ0n) is 11.1. The SMILES string of the molecule is CCCCS(=O)(=O)Nc1nnc(C2CCCNC2)s1. The van der Waals surface area contributed by atoms with Crippen LogP contribution >= 0.6 is 11.3 Å². The van der Waals surface area contributed by atoms with E-state index < -0.39 is 10.0 Å². The van der Waals surface area contributed by atoms with Crippen molar-refractivity contribution in [2.45, 2.75) is 38.5 Å². The van der Waals surface area contributed by atoms with Gasteiger partial charge in [0.25, 0.3) is 0 Å². The Bertz CT molecular complexity index is 495. The number of piperidine rings is 1. The van der Waals surface area contributed by atoms with E-state index >= 15 is 0 Å². The lowest BCUT2D eigenvalue weighted by Crippen LogP contribution is -2.28. The molecule has 1 aliphatic rings. The van der Waals surface area contributed by atoms with Crippen LogP contribution in [-0.4, -0.2) is 37.5 Å². The molecule has 1 saturated heterocycles. The number of nitrogens with zero attached hydrogens (tertiary/aromatic N) is 2. The normalized spacial score (nSPS) is 20.4. The molecule has 0 spiro atoms. The van der Waals surface area contributed by atoms with Crippen LogP contribution in [0.2, 0.25) is 0 Å². The number of hydrogen-bond donors (Lipinski definition) is 2. The highest BCUT2D eigenvalue weighted by Gasteiger charge is 2.20. The molecule has 8 heteroatoms. The summed E-state index contributed by atoms with van der Waals surface area (Å²) in [6.45, 7) is 3.91. The lowest BCUT2D eigenvalue weighted by atomic mass is 10.0. The minimum Gasteiger partial charge on any atom is -0.316 e. The van der Waals surface area contributed by atoms with Crippen molar-refractivity contribution in [1.29, 1.82) is 0 Å². The van der Waals surface area contributed by atoms with Crippen molar-refractivity contribution in [3.05, 3.63) is 5.01 Å². The van der Waals surface area contributed by atoms with Crippen molar-refractivity contribution in [1.82, 2.24) is 15.5 Å². The zero-order valence-corrected chi connectivity index (χ0v) is 12.7. The Morgan fingerprint density at radius 2 is 2.32 bits per heavy atom. The summed E-state index contributed by atoms with van der Waals surface area (Å²) in [4.78, 5) is 0. The molecule has 0 amide bonds. The first-order valence-electron chi connectivity index (χ1n) is 6.65. The third kappa shape index (κ3) is 4.39. The summed E-state index contributed by atoms with van der Waals surface area (Å²) in [5.74, 6) is 0.504. The molecule has 0 bridgehead atoms. The molecule has 0 aliphatic carbocycles. The van der Waals surface area contributed by atoms with Gasteiger partial charge in [-0.25, -0.2) is 8.42 Å². The van der Waals surface area contributed by atoms with Gasteiger partial charge < -0.3 is 5.32 Å². The van der Waals surface area contributed by atoms with Gasteiger partial charge >= 0.3 is 0 Å². The van der Waals surface area contributed by atoms with Crippen LogP contribution < -0.4 is 10.0 Å². The zero-order chi connectivity index (χ0) is 13.7. The molecular weight excluding hydrogens is 284 g/mol. The summed E-state index contributed by atoms with van der Waals surface area (Å²) in [5.41, 5.74) is 0. The fourth-order valence-electron chi connectivity index (χ4n) is 2.02. The van der Waals surface area contributed by atoms with Crippen LogP contribution in [-0.2, 0) is 10.0 Å². The van der Waals surface area contributed by atoms with Gasteiger partial charge in [0.05, 0.1) is 5.75 Å². The monoisotopic (exact) mass is 304 g/mol. The van der Waals surface area contributed by atoms with Gasteiger partial charge in [-0.1, -0.05) is 24.7 Å². The van der Waals surface area contributed by atoms with Gasteiger partial charge in [0.15, 0.2) is 0 Å². The first-order chi connectivity index (χ1) is 9.11. The van der Waals surface area contributed by atoms with Gasteiger partial charge in [0.2, 0.25) is 15.2 Å².